The third kappa shape index (κ3) is 4.53. The van der Waals surface area contributed by atoms with Crippen LogP contribution in [0.15, 0.2) is 22.7 Å². The second-order valence-electron chi connectivity index (χ2n) is 3.72. The largest absolute Gasteiger partial charge is 0.368 e. The number of halogens is 2. The van der Waals surface area contributed by atoms with Gasteiger partial charge in [0.05, 0.1) is 10.6 Å². The molecule has 0 aliphatic heterocycles. The van der Waals surface area contributed by atoms with E-state index in [9.17, 15) is 14.4 Å². The predicted molar refractivity (Wildman–Crippen MR) is 73.4 cm³/mol. The second kappa shape index (κ2) is 6.53. The molecule has 8 heteroatoms. The van der Waals surface area contributed by atoms with E-state index < -0.39 is 30.8 Å². The van der Waals surface area contributed by atoms with Gasteiger partial charge in [-0.25, -0.2) is 0 Å². The molecular formula is C11H11BrClN3O3. The number of carbonyl (C=O) groups excluding carboxylic acids is 3. The topological polar surface area (TPSA) is 106 Å². The van der Waals surface area contributed by atoms with E-state index >= 15 is 0 Å². The molecule has 0 unspecified atom stereocenters. The standard InChI is InChI=1S/C11H11BrClN3O3/c12-6-1-2-8(13)7(3-6)11(19)16(4-9(14)17)5-10(15)18/h1-3H,4-5H2,(H2,14,17)(H2,15,18). The number of primary amides is 2. The van der Waals surface area contributed by atoms with Gasteiger partial charge in [0.25, 0.3) is 5.91 Å². The summed E-state index contributed by atoms with van der Waals surface area (Å²) in [4.78, 5) is 35.0. The molecule has 0 bridgehead atoms. The van der Waals surface area contributed by atoms with Gasteiger partial charge >= 0.3 is 0 Å². The lowest BCUT2D eigenvalue weighted by Crippen LogP contribution is -2.43. The van der Waals surface area contributed by atoms with Crippen LogP contribution in [0.1, 0.15) is 10.4 Å². The van der Waals surface area contributed by atoms with Gasteiger partial charge < -0.3 is 16.4 Å². The minimum Gasteiger partial charge on any atom is -0.368 e. The van der Waals surface area contributed by atoms with Gasteiger partial charge in [0.2, 0.25) is 11.8 Å². The Balaban J connectivity index is 3.07. The van der Waals surface area contributed by atoms with Crippen molar-refractivity contribution >= 4 is 45.3 Å². The van der Waals surface area contributed by atoms with Crippen LogP contribution in [0.5, 0.6) is 0 Å². The number of nitrogens with two attached hydrogens (primary N) is 2. The van der Waals surface area contributed by atoms with E-state index in [1.807, 2.05) is 0 Å². The molecule has 102 valence electrons. The third-order valence-corrected chi connectivity index (χ3v) is 2.96. The summed E-state index contributed by atoms with van der Waals surface area (Å²) in [6, 6.07) is 4.66. The van der Waals surface area contributed by atoms with Gasteiger partial charge in [0.1, 0.15) is 13.1 Å². The van der Waals surface area contributed by atoms with Gasteiger partial charge in [0, 0.05) is 4.47 Å². The third-order valence-electron chi connectivity index (χ3n) is 2.14. The van der Waals surface area contributed by atoms with Gasteiger partial charge in [0.15, 0.2) is 0 Å². The molecule has 3 amide bonds. The highest BCUT2D eigenvalue weighted by molar-refractivity contribution is 9.10. The maximum atomic E-state index is 12.2. The number of hydrogen-bond donors (Lipinski definition) is 2. The van der Waals surface area contributed by atoms with Crippen LogP contribution in [0.4, 0.5) is 0 Å². The van der Waals surface area contributed by atoms with Crippen LogP contribution < -0.4 is 11.5 Å². The van der Waals surface area contributed by atoms with E-state index in [-0.39, 0.29) is 10.6 Å². The lowest BCUT2D eigenvalue weighted by Gasteiger charge is -2.20. The fraction of sp³-hybridized carbons (Fsp3) is 0.182. The molecule has 0 radical (unpaired) electrons. The monoisotopic (exact) mass is 347 g/mol. The van der Waals surface area contributed by atoms with Crippen molar-refractivity contribution in [3.05, 3.63) is 33.3 Å². The molecule has 0 saturated heterocycles. The van der Waals surface area contributed by atoms with Crippen molar-refractivity contribution in [3.8, 4) is 0 Å². The first kappa shape index (κ1) is 15.5. The van der Waals surface area contributed by atoms with Crippen LogP contribution in [0.2, 0.25) is 5.02 Å². The number of nitrogens with zero attached hydrogens (tertiary/aromatic N) is 1. The van der Waals surface area contributed by atoms with Crippen molar-refractivity contribution < 1.29 is 14.4 Å². The number of carbonyl (C=O) groups is 3. The van der Waals surface area contributed by atoms with E-state index in [4.69, 9.17) is 23.1 Å². The lowest BCUT2D eigenvalue weighted by atomic mass is 10.2. The number of benzene rings is 1. The normalized spacial score (nSPS) is 10.0. The van der Waals surface area contributed by atoms with E-state index in [2.05, 4.69) is 15.9 Å². The number of rotatable bonds is 5. The van der Waals surface area contributed by atoms with Crippen molar-refractivity contribution in [2.45, 2.75) is 0 Å². The molecule has 0 aliphatic carbocycles. The van der Waals surface area contributed by atoms with Crippen LogP contribution in [-0.2, 0) is 9.59 Å². The molecule has 1 aromatic carbocycles. The first-order valence-corrected chi connectivity index (χ1v) is 6.29. The summed E-state index contributed by atoms with van der Waals surface area (Å²) >= 11 is 9.11. The fourth-order valence-corrected chi connectivity index (χ4v) is 1.97. The van der Waals surface area contributed by atoms with Gasteiger partial charge in [-0.1, -0.05) is 27.5 Å². The van der Waals surface area contributed by atoms with Crippen LogP contribution >= 0.6 is 27.5 Å². The average Bonchev–Trinajstić information content (AvgIpc) is 2.29. The highest BCUT2D eigenvalue weighted by Crippen LogP contribution is 2.22. The van der Waals surface area contributed by atoms with E-state index in [0.717, 1.165) is 4.90 Å². The predicted octanol–water partition coefficient (Wildman–Crippen LogP) is 0.515. The maximum Gasteiger partial charge on any atom is 0.256 e. The molecule has 1 aromatic rings. The van der Waals surface area contributed by atoms with Crippen molar-refractivity contribution in [2.24, 2.45) is 11.5 Å². The Bertz CT molecular complexity index is 520. The van der Waals surface area contributed by atoms with E-state index in [1.54, 1.807) is 6.07 Å². The fourth-order valence-electron chi connectivity index (χ4n) is 1.41. The second-order valence-corrected chi connectivity index (χ2v) is 5.04. The van der Waals surface area contributed by atoms with Crippen LogP contribution in [0, 0.1) is 0 Å². The Morgan fingerprint density at radius 1 is 1.16 bits per heavy atom. The first-order valence-electron chi connectivity index (χ1n) is 5.12. The summed E-state index contributed by atoms with van der Waals surface area (Å²) in [7, 11) is 0. The average molecular weight is 349 g/mol. The molecule has 4 N–H and O–H groups in total. The molecule has 0 spiro atoms. The van der Waals surface area contributed by atoms with Crippen LogP contribution in [0.25, 0.3) is 0 Å². The molecule has 0 aromatic heterocycles. The van der Waals surface area contributed by atoms with Crippen LogP contribution in [0.3, 0.4) is 0 Å². The Morgan fingerprint density at radius 3 is 2.16 bits per heavy atom. The van der Waals surface area contributed by atoms with Crippen molar-refractivity contribution in [1.29, 1.82) is 0 Å². The SMILES string of the molecule is NC(=O)CN(CC(N)=O)C(=O)c1cc(Br)ccc1Cl. The van der Waals surface area contributed by atoms with Crippen molar-refractivity contribution in [2.75, 3.05) is 13.1 Å². The Hall–Kier alpha value is -1.60. The van der Waals surface area contributed by atoms with Gasteiger partial charge in [-0.05, 0) is 18.2 Å². The van der Waals surface area contributed by atoms with Gasteiger partial charge in [-0.3, -0.25) is 14.4 Å². The minimum absolute atomic E-state index is 0.151. The zero-order valence-corrected chi connectivity index (χ0v) is 12.1. The molecule has 1 rings (SSSR count). The molecule has 0 saturated carbocycles. The minimum atomic E-state index is -0.749. The molecule has 6 nitrogen and oxygen atoms in total. The van der Waals surface area contributed by atoms with Gasteiger partial charge in [-0.2, -0.15) is 0 Å². The maximum absolute atomic E-state index is 12.2. The van der Waals surface area contributed by atoms with Crippen molar-refractivity contribution in [1.82, 2.24) is 4.90 Å². The Morgan fingerprint density at radius 2 is 1.68 bits per heavy atom. The van der Waals surface area contributed by atoms with Crippen molar-refractivity contribution in [3.63, 3.8) is 0 Å². The summed E-state index contributed by atoms with van der Waals surface area (Å²) in [6.45, 7) is -0.824. The molecular weight excluding hydrogens is 337 g/mol. The molecule has 0 atom stereocenters. The first-order chi connectivity index (χ1) is 8.81. The number of amides is 3. The highest BCUT2D eigenvalue weighted by Gasteiger charge is 2.21. The summed E-state index contributed by atoms with van der Waals surface area (Å²) in [5.41, 5.74) is 10.2. The highest BCUT2D eigenvalue weighted by atomic mass is 79.9. The summed E-state index contributed by atoms with van der Waals surface area (Å²) in [5, 5.41) is 0.201. The Kier molecular flexibility index (Phi) is 5.31. The van der Waals surface area contributed by atoms with Gasteiger partial charge in [-0.15, -0.1) is 0 Å². The zero-order valence-electron chi connectivity index (χ0n) is 9.73. The molecule has 0 aliphatic rings. The summed E-state index contributed by atoms with van der Waals surface area (Å²) < 4.78 is 0.637. The smallest absolute Gasteiger partial charge is 0.256 e. The quantitative estimate of drug-likeness (QED) is 0.810. The zero-order chi connectivity index (χ0) is 14.6. The van der Waals surface area contributed by atoms with E-state index in [1.165, 1.54) is 12.1 Å². The molecule has 0 fully saturated rings. The molecule has 19 heavy (non-hydrogen) atoms. The Labute approximate surface area is 122 Å². The molecule has 0 heterocycles. The van der Waals surface area contributed by atoms with E-state index in [0.29, 0.717) is 4.47 Å². The summed E-state index contributed by atoms with van der Waals surface area (Å²) in [5.74, 6) is -2.09. The number of hydrogen-bond acceptors (Lipinski definition) is 3. The summed E-state index contributed by atoms with van der Waals surface area (Å²) in [6.07, 6.45) is 0. The lowest BCUT2D eigenvalue weighted by molar-refractivity contribution is -0.121. The van der Waals surface area contributed by atoms with Crippen LogP contribution in [-0.4, -0.2) is 35.7 Å².